The van der Waals surface area contributed by atoms with Crippen molar-refractivity contribution in [3.05, 3.63) is 71.5 Å². The molecule has 2 aromatic carbocycles. The number of anilines is 1. The normalized spacial score (nSPS) is 10.3. The summed E-state index contributed by atoms with van der Waals surface area (Å²) in [5, 5.41) is 9.37. The third kappa shape index (κ3) is 3.42. The van der Waals surface area contributed by atoms with Crippen molar-refractivity contribution in [2.24, 2.45) is 0 Å². The van der Waals surface area contributed by atoms with Crippen LogP contribution in [0.3, 0.4) is 0 Å². The summed E-state index contributed by atoms with van der Waals surface area (Å²) in [6.45, 7) is 1.70. The minimum Gasteiger partial charge on any atom is -0.360 e. The predicted octanol–water partition coefficient (Wildman–Crippen LogP) is 3.26. The van der Waals surface area contributed by atoms with Crippen molar-refractivity contribution in [2.45, 2.75) is 6.92 Å². The molecule has 0 saturated carbocycles. The Morgan fingerprint density at radius 3 is 2.28 bits per heavy atom. The highest BCUT2D eigenvalue weighted by Gasteiger charge is 2.21. The molecule has 0 radical (unpaired) electrons. The molecule has 2 amide bonds. The highest BCUT2D eigenvalue weighted by atomic mass is 16.5. The first-order valence-corrected chi connectivity index (χ1v) is 7.75. The molecule has 0 aliphatic carbocycles. The summed E-state index contributed by atoms with van der Waals surface area (Å²) in [5.41, 5.74) is 2.79. The average molecular weight is 335 g/mol. The molecule has 3 aromatic rings. The zero-order valence-corrected chi connectivity index (χ0v) is 13.9. The van der Waals surface area contributed by atoms with Gasteiger partial charge in [0.25, 0.3) is 11.8 Å². The fraction of sp³-hybridized carbons (Fsp3) is 0.105. The molecule has 0 fully saturated rings. The molecular formula is C19H17N3O3. The first-order chi connectivity index (χ1) is 12.1. The van der Waals surface area contributed by atoms with Gasteiger partial charge in [-0.25, -0.2) is 0 Å². The summed E-state index contributed by atoms with van der Waals surface area (Å²) in [6, 6.07) is 16.0. The topological polar surface area (TPSA) is 84.2 Å². The van der Waals surface area contributed by atoms with Crippen LogP contribution in [0.4, 0.5) is 5.69 Å². The Kier molecular flexibility index (Phi) is 4.61. The minimum atomic E-state index is -0.315. The van der Waals surface area contributed by atoms with Gasteiger partial charge in [0.2, 0.25) is 0 Å². The van der Waals surface area contributed by atoms with Gasteiger partial charge < -0.3 is 15.2 Å². The van der Waals surface area contributed by atoms with Gasteiger partial charge in [0, 0.05) is 23.9 Å². The van der Waals surface area contributed by atoms with E-state index in [4.69, 9.17) is 4.52 Å². The molecule has 126 valence electrons. The predicted molar refractivity (Wildman–Crippen MR) is 94.5 cm³/mol. The van der Waals surface area contributed by atoms with Crippen molar-refractivity contribution in [3.8, 4) is 11.3 Å². The first kappa shape index (κ1) is 16.4. The molecule has 0 aliphatic rings. The third-order valence-electron chi connectivity index (χ3n) is 3.77. The summed E-state index contributed by atoms with van der Waals surface area (Å²) in [5.74, 6) is -0.0530. The second-order valence-corrected chi connectivity index (χ2v) is 5.44. The fourth-order valence-electron chi connectivity index (χ4n) is 2.48. The van der Waals surface area contributed by atoms with E-state index in [9.17, 15) is 9.59 Å². The van der Waals surface area contributed by atoms with Gasteiger partial charge in [0.1, 0.15) is 17.0 Å². The van der Waals surface area contributed by atoms with Crippen LogP contribution in [0.5, 0.6) is 0 Å². The molecule has 3 rings (SSSR count). The van der Waals surface area contributed by atoms with Gasteiger partial charge in [-0.05, 0) is 31.2 Å². The Hall–Kier alpha value is -3.41. The number of hydrogen-bond acceptors (Lipinski definition) is 4. The van der Waals surface area contributed by atoms with Crippen LogP contribution in [0.2, 0.25) is 0 Å². The Morgan fingerprint density at radius 2 is 1.64 bits per heavy atom. The number of hydrogen-bond donors (Lipinski definition) is 2. The zero-order valence-electron chi connectivity index (χ0n) is 13.9. The van der Waals surface area contributed by atoms with E-state index in [1.165, 1.54) is 0 Å². The lowest BCUT2D eigenvalue weighted by molar-refractivity contribution is 0.0962. The maximum absolute atomic E-state index is 12.7. The Balaban J connectivity index is 1.85. The van der Waals surface area contributed by atoms with Crippen molar-refractivity contribution < 1.29 is 14.1 Å². The number of carbonyl (C=O) groups excluding carboxylic acids is 2. The number of nitrogens with one attached hydrogen (secondary N) is 2. The summed E-state index contributed by atoms with van der Waals surface area (Å²) >= 11 is 0. The number of amides is 2. The molecule has 0 atom stereocenters. The van der Waals surface area contributed by atoms with E-state index in [1.54, 1.807) is 38.2 Å². The van der Waals surface area contributed by atoms with Gasteiger partial charge in [-0.15, -0.1) is 0 Å². The Labute approximate surface area is 144 Å². The third-order valence-corrected chi connectivity index (χ3v) is 3.77. The van der Waals surface area contributed by atoms with Crippen molar-refractivity contribution in [1.82, 2.24) is 10.5 Å². The van der Waals surface area contributed by atoms with Crippen molar-refractivity contribution in [1.29, 1.82) is 0 Å². The van der Waals surface area contributed by atoms with E-state index in [1.807, 2.05) is 30.3 Å². The van der Waals surface area contributed by atoms with Gasteiger partial charge in [-0.3, -0.25) is 9.59 Å². The van der Waals surface area contributed by atoms with Crippen LogP contribution in [0.15, 0.2) is 59.1 Å². The lowest BCUT2D eigenvalue weighted by atomic mass is 10.1. The molecule has 25 heavy (non-hydrogen) atoms. The number of aromatic nitrogens is 1. The molecule has 0 unspecified atom stereocenters. The van der Waals surface area contributed by atoms with E-state index in [0.29, 0.717) is 28.3 Å². The van der Waals surface area contributed by atoms with Crippen molar-refractivity contribution in [2.75, 3.05) is 12.4 Å². The molecule has 0 bridgehead atoms. The Bertz CT molecular complexity index is 899. The van der Waals surface area contributed by atoms with Crippen LogP contribution >= 0.6 is 0 Å². The standard InChI is InChI=1S/C19H17N3O3/c1-12-16(17(22-25-12)13-6-4-3-5-7-13)19(24)21-15-10-8-14(9-11-15)18(23)20-2/h3-11H,1-2H3,(H,20,23)(H,21,24). The lowest BCUT2D eigenvalue weighted by Gasteiger charge is -2.07. The molecule has 0 saturated heterocycles. The highest BCUT2D eigenvalue weighted by molar-refractivity contribution is 6.09. The van der Waals surface area contributed by atoms with E-state index in [2.05, 4.69) is 15.8 Å². The monoisotopic (exact) mass is 335 g/mol. The minimum absolute atomic E-state index is 0.181. The van der Waals surface area contributed by atoms with E-state index in [-0.39, 0.29) is 11.8 Å². The van der Waals surface area contributed by atoms with Crippen molar-refractivity contribution >= 4 is 17.5 Å². The van der Waals surface area contributed by atoms with Crippen molar-refractivity contribution in [3.63, 3.8) is 0 Å². The SMILES string of the molecule is CNC(=O)c1ccc(NC(=O)c2c(-c3ccccc3)noc2C)cc1. The smallest absolute Gasteiger partial charge is 0.261 e. The first-order valence-electron chi connectivity index (χ1n) is 7.75. The number of carbonyl (C=O) groups is 2. The summed E-state index contributed by atoms with van der Waals surface area (Å²) in [6.07, 6.45) is 0. The Morgan fingerprint density at radius 1 is 0.960 bits per heavy atom. The summed E-state index contributed by atoms with van der Waals surface area (Å²) in [4.78, 5) is 24.2. The van der Waals surface area contributed by atoms with Gasteiger partial charge in [0.05, 0.1) is 0 Å². The van der Waals surface area contributed by atoms with Crippen LogP contribution in [0, 0.1) is 6.92 Å². The second kappa shape index (κ2) is 7.00. The number of rotatable bonds is 4. The number of aryl methyl sites for hydroxylation is 1. The van der Waals surface area contributed by atoms with Crippen LogP contribution in [0.25, 0.3) is 11.3 Å². The van der Waals surface area contributed by atoms with Gasteiger partial charge >= 0.3 is 0 Å². The molecule has 6 nitrogen and oxygen atoms in total. The quantitative estimate of drug-likeness (QED) is 0.766. The molecule has 0 spiro atoms. The summed E-state index contributed by atoms with van der Waals surface area (Å²) < 4.78 is 5.21. The average Bonchev–Trinajstić information content (AvgIpc) is 3.04. The van der Waals surface area contributed by atoms with Gasteiger partial charge in [0.15, 0.2) is 0 Å². The van der Waals surface area contributed by atoms with E-state index in [0.717, 1.165) is 5.56 Å². The highest BCUT2D eigenvalue weighted by Crippen LogP contribution is 2.26. The van der Waals surface area contributed by atoms with Gasteiger partial charge in [-0.1, -0.05) is 35.5 Å². The zero-order chi connectivity index (χ0) is 17.8. The number of nitrogens with zero attached hydrogens (tertiary/aromatic N) is 1. The van der Waals surface area contributed by atoms with E-state index < -0.39 is 0 Å². The maximum atomic E-state index is 12.7. The maximum Gasteiger partial charge on any atom is 0.261 e. The second-order valence-electron chi connectivity index (χ2n) is 5.44. The fourth-order valence-corrected chi connectivity index (χ4v) is 2.48. The number of benzene rings is 2. The van der Waals surface area contributed by atoms with Crippen LogP contribution in [-0.2, 0) is 0 Å². The van der Waals surface area contributed by atoms with E-state index >= 15 is 0 Å². The molecule has 2 N–H and O–H groups in total. The molecule has 6 heteroatoms. The van der Waals surface area contributed by atoms with Crippen LogP contribution in [0.1, 0.15) is 26.5 Å². The molecule has 0 aliphatic heterocycles. The molecule has 1 heterocycles. The summed E-state index contributed by atoms with van der Waals surface area (Å²) in [7, 11) is 1.57. The van der Waals surface area contributed by atoms with Gasteiger partial charge in [-0.2, -0.15) is 0 Å². The molecular weight excluding hydrogens is 318 g/mol. The molecule has 1 aromatic heterocycles. The van der Waals surface area contributed by atoms with Crippen LogP contribution < -0.4 is 10.6 Å². The largest absolute Gasteiger partial charge is 0.360 e. The van der Waals surface area contributed by atoms with Crippen LogP contribution in [-0.4, -0.2) is 24.0 Å². The lowest BCUT2D eigenvalue weighted by Crippen LogP contribution is -2.18.